The smallest absolute Gasteiger partial charge is 0.157 e. The molecule has 0 aliphatic rings. The molecule has 146 valence electrons. The van der Waals surface area contributed by atoms with Crippen molar-refractivity contribution in [3.8, 4) is 28.5 Å². The molecule has 5 heteroatoms. The van der Waals surface area contributed by atoms with Crippen LogP contribution < -0.4 is 0 Å². The van der Waals surface area contributed by atoms with E-state index in [4.69, 9.17) is 4.98 Å². The molecule has 0 atom stereocenters. The maximum Gasteiger partial charge on any atom is 0.157 e. The molecule has 0 fully saturated rings. The minimum Gasteiger partial charge on any atom is -0.508 e. The predicted molar refractivity (Wildman–Crippen MR) is 116 cm³/mol. The van der Waals surface area contributed by atoms with Crippen LogP contribution in [-0.2, 0) is 19.3 Å². The van der Waals surface area contributed by atoms with Gasteiger partial charge in [0.05, 0.1) is 10.7 Å². The zero-order valence-corrected chi connectivity index (χ0v) is 16.6. The van der Waals surface area contributed by atoms with Gasteiger partial charge in [-0.1, -0.05) is 36.4 Å². The third kappa shape index (κ3) is 4.58. The molecule has 3 N–H and O–H groups in total. The molecule has 0 saturated heterocycles. The molecule has 1 heterocycles. The van der Waals surface area contributed by atoms with Crippen LogP contribution in [0.5, 0.6) is 17.2 Å². The van der Waals surface area contributed by atoms with E-state index in [0.717, 1.165) is 41.1 Å². The van der Waals surface area contributed by atoms with Gasteiger partial charge >= 0.3 is 0 Å². The van der Waals surface area contributed by atoms with Crippen molar-refractivity contribution in [1.82, 2.24) is 4.98 Å². The van der Waals surface area contributed by atoms with Gasteiger partial charge in [-0.15, -0.1) is 11.3 Å². The van der Waals surface area contributed by atoms with E-state index in [-0.39, 0.29) is 17.2 Å². The van der Waals surface area contributed by atoms with Crippen LogP contribution in [0.25, 0.3) is 11.3 Å². The summed E-state index contributed by atoms with van der Waals surface area (Å²) in [5.74, 6) is 0.0277. The molecule has 1 aromatic heterocycles. The van der Waals surface area contributed by atoms with E-state index in [1.165, 1.54) is 16.5 Å². The van der Waals surface area contributed by atoms with E-state index in [9.17, 15) is 15.3 Å². The Morgan fingerprint density at radius 3 is 2.21 bits per heavy atom. The van der Waals surface area contributed by atoms with Crippen LogP contribution in [-0.4, -0.2) is 20.3 Å². The van der Waals surface area contributed by atoms with Gasteiger partial charge in [0, 0.05) is 23.3 Å². The van der Waals surface area contributed by atoms with Crippen LogP contribution in [0.3, 0.4) is 0 Å². The molecule has 0 amide bonds. The second-order valence-electron chi connectivity index (χ2n) is 6.91. The maximum absolute atomic E-state index is 9.70. The van der Waals surface area contributed by atoms with E-state index in [1.54, 1.807) is 29.5 Å². The molecule has 4 aromatic rings. The van der Waals surface area contributed by atoms with Crippen LogP contribution in [0, 0.1) is 0 Å². The Morgan fingerprint density at radius 2 is 1.48 bits per heavy atom. The van der Waals surface area contributed by atoms with Gasteiger partial charge in [0.25, 0.3) is 0 Å². The molecule has 0 spiro atoms. The molecular formula is C24H21NO3S. The Balaban J connectivity index is 1.61. The van der Waals surface area contributed by atoms with Gasteiger partial charge in [0.1, 0.15) is 5.75 Å². The fourth-order valence-electron chi connectivity index (χ4n) is 3.23. The Hall–Kier alpha value is -3.31. The number of hydrogen-bond donors (Lipinski definition) is 3. The monoisotopic (exact) mass is 403 g/mol. The number of aromatic hydroxyl groups is 3. The standard InChI is InChI=1S/C24H21NO3S/c26-19-10-8-18(9-11-19)24-22(15-16-4-2-1-3-5-16)29-23(25-24)13-7-17-6-12-20(27)21(28)14-17/h1-6,8-12,14,26-28H,7,13,15H2. The number of phenols is 3. The van der Waals surface area contributed by atoms with Crippen molar-refractivity contribution in [1.29, 1.82) is 0 Å². The van der Waals surface area contributed by atoms with Crippen molar-refractivity contribution in [2.45, 2.75) is 19.3 Å². The Kier molecular flexibility index (Phi) is 5.49. The summed E-state index contributed by atoms with van der Waals surface area (Å²) in [7, 11) is 0. The molecule has 0 saturated carbocycles. The summed E-state index contributed by atoms with van der Waals surface area (Å²) in [5.41, 5.74) is 4.11. The second-order valence-corrected chi connectivity index (χ2v) is 8.08. The Bertz CT molecular complexity index is 1100. The highest BCUT2D eigenvalue weighted by Gasteiger charge is 2.14. The zero-order valence-electron chi connectivity index (χ0n) is 15.7. The van der Waals surface area contributed by atoms with E-state index < -0.39 is 0 Å². The molecule has 4 rings (SSSR count). The number of aryl methyl sites for hydroxylation is 2. The van der Waals surface area contributed by atoms with Gasteiger partial charge in [-0.25, -0.2) is 4.98 Å². The molecule has 0 aliphatic heterocycles. The van der Waals surface area contributed by atoms with Crippen molar-refractivity contribution >= 4 is 11.3 Å². The fraction of sp³-hybridized carbons (Fsp3) is 0.125. The molecule has 4 nitrogen and oxygen atoms in total. The lowest BCUT2D eigenvalue weighted by Crippen LogP contribution is -1.91. The van der Waals surface area contributed by atoms with E-state index >= 15 is 0 Å². The lowest BCUT2D eigenvalue weighted by atomic mass is 10.1. The van der Waals surface area contributed by atoms with E-state index in [2.05, 4.69) is 12.1 Å². The van der Waals surface area contributed by atoms with Gasteiger partial charge in [-0.3, -0.25) is 0 Å². The van der Waals surface area contributed by atoms with E-state index in [1.807, 2.05) is 36.4 Å². The van der Waals surface area contributed by atoms with Crippen LogP contribution in [0.2, 0.25) is 0 Å². The van der Waals surface area contributed by atoms with Gasteiger partial charge in [0.15, 0.2) is 11.5 Å². The average molecular weight is 404 g/mol. The van der Waals surface area contributed by atoms with E-state index in [0.29, 0.717) is 0 Å². The number of aromatic nitrogens is 1. The number of phenolic OH excluding ortho intramolecular Hbond substituents is 3. The molecule has 0 aliphatic carbocycles. The van der Waals surface area contributed by atoms with Gasteiger partial charge in [0.2, 0.25) is 0 Å². The number of thiazole rings is 1. The first-order valence-corrected chi connectivity index (χ1v) is 10.2. The first kappa shape index (κ1) is 19.0. The molecule has 3 aromatic carbocycles. The Labute approximate surface area is 173 Å². The van der Waals surface area contributed by atoms with Crippen LogP contribution >= 0.6 is 11.3 Å². The highest BCUT2D eigenvalue weighted by Crippen LogP contribution is 2.32. The van der Waals surface area contributed by atoms with Crippen molar-refractivity contribution < 1.29 is 15.3 Å². The number of nitrogens with zero attached hydrogens (tertiary/aromatic N) is 1. The van der Waals surface area contributed by atoms with Crippen molar-refractivity contribution in [2.75, 3.05) is 0 Å². The minimum atomic E-state index is -0.109. The fourth-order valence-corrected chi connectivity index (χ4v) is 4.35. The lowest BCUT2D eigenvalue weighted by molar-refractivity contribution is 0.403. The molecule has 0 radical (unpaired) electrons. The Morgan fingerprint density at radius 1 is 0.724 bits per heavy atom. The summed E-state index contributed by atoms with van der Waals surface area (Å²) < 4.78 is 0. The third-order valence-corrected chi connectivity index (χ3v) is 5.87. The van der Waals surface area contributed by atoms with Gasteiger partial charge in [-0.05, 0) is 53.9 Å². The topological polar surface area (TPSA) is 73.6 Å². The van der Waals surface area contributed by atoms with Crippen molar-refractivity contribution in [2.24, 2.45) is 0 Å². The predicted octanol–water partition coefficient (Wildman–Crippen LogP) is 5.30. The summed E-state index contributed by atoms with van der Waals surface area (Å²) in [6, 6.07) is 22.4. The number of benzene rings is 3. The quantitative estimate of drug-likeness (QED) is 0.382. The molecular weight excluding hydrogens is 382 g/mol. The highest BCUT2D eigenvalue weighted by atomic mass is 32.1. The summed E-state index contributed by atoms with van der Waals surface area (Å²) in [6.07, 6.45) is 2.27. The van der Waals surface area contributed by atoms with Crippen LogP contribution in [0.15, 0.2) is 72.8 Å². The molecule has 29 heavy (non-hydrogen) atoms. The average Bonchev–Trinajstić information content (AvgIpc) is 3.13. The second kappa shape index (κ2) is 8.37. The normalized spacial score (nSPS) is 10.9. The minimum absolute atomic E-state index is 0.101. The highest BCUT2D eigenvalue weighted by molar-refractivity contribution is 7.12. The summed E-state index contributed by atoms with van der Waals surface area (Å²) in [5, 5.41) is 29.8. The van der Waals surface area contributed by atoms with Crippen LogP contribution in [0.1, 0.15) is 21.0 Å². The van der Waals surface area contributed by atoms with Crippen molar-refractivity contribution in [3.63, 3.8) is 0 Å². The van der Waals surface area contributed by atoms with Gasteiger partial charge in [-0.2, -0.15) is 0 Å². The largest absolute Gasteiger partial charge is 0.508 e. The summed E-state index contributed by atoms with van der Waals surface area (Å²) >= 11 is 1.69. The summed E-state index contributed by atoms with van der Waals surface area (Å²) in [6.45, 7) is 0. The first-order valence-electron chi connectivity index (χ1n) is 9.41. The summed E-state index contributed by atoms with van der Waals surface area (Å²) in [4.78, 5) is 6.07. The molecule has 0 unspecified atom stereocenters. The third-order valence-electron chi connectivity index (χ3n) is 4.76. The first-order chi connectivity index (χ1) is 14.1. The van der Waals surface area contributed by atoms with Crippen LogP contribution in [0.4, 0.5) is 0 Å². The molecule has 0 bridgehead atoms. The lowest BCUT2D eigenvalue weighted by Gasteiger charge is -2.03. The van der Waals surface area contributed by atoms with Gasteiger partial charge < -0.3 is 15.3 Å². The van der Waals surface area contributed by atoms with Crippen molar-refractivity contribution in [3.05, 3.63) is 93.8 Å². The zero-order chi connectivity index (χ0) is 20.2. The maximum atomic E-state index is 9.70. The number of hydrogen-bond acceptors (Lipinski definition) is 5. The number of rotatable bonds is 6. The SMILES string of the molecule is Oc1ccc(-c2nc(CCc3ccc(O)c(O)c3)sc2Cc2ccccc2)cc1.